The normalized spacial score (nSPS) is 21.0. The highest BCUT2D eigenvalue weighted by molar-refractivity contribution is 9.10. The van der Waals surface area contributed by atoms with E-state index in [1.165, 1.54) is 5.56 Å². The first-order valence-corrected chi connectivity index (χ1v) is 8.59. The number of hydrogen-bond acceptors (Lipinski definition) is 1. The lowest BCUT2D eigenvalue weighted by Crippen LogP contribution is -2.34. The molecule has 0 atom stereocenters. The third-order valence-corrected chi connectivity index (χ3v) is 5.24. The van der Waals surface area contributed by atoms with Crippen LogP contribution in [0.15, 0.2) is 45.3 Å². The first-order chi connectivity index (χ1) is 10.0. The van der Waals surface area contributed by atoms with Crippen LogP contribution in [0.1, 0.15) is 29.9 Å². The van der Waals surface area contributed by atoms with E-state index in [4.69, 9.17) is 0 Å². The Morgan fingerprint density at radius 2 is 1.76 bits per heavy atom. The molecule has 2 aromatic rings. The lowest BCUT2D eigenvalue weighted by Gasteiger charge is -2.37. The molecule has 4 heteroatoms. The highest BCUT2D eigenvalue weighted by Crippen LogP contribution is 2.39. The maximum absolute atomic E-state index is 13.6. The highest BCUT2D eigenvalue weighted by atomic mass is 79.9. The average molecular weight is 413 g/mol. The van der Waals surface area contributed by atoms with E-state index >= 15 is 0 Å². The lowest BCUT2D eigenvalue weighted by atomic mass is 9.76. The maximum atomic E-state index is 13.6. The van der Waals surface area contributed by atoms with Crippen LogP contribution in [0.3, 0.4) is 0 Å². The molecule has 0 amide bonds. The fourth-order valence-corrected chi connectivity index (χ4v) is 3.49. The third-order valence-electron chi connectivity index (χ3n) is 4.11. The van der Waals surface area contributed by atoms with Crippen LogP contribution >= 0.6 is 31.9 Å². The number of nitrogens with one attached hydrogen (secondary N) is 1. The van der Waals surface area contributed by atoms with Crippen molar-refractivity contribution in [2.24, 2.45) is 0 Å². The second kappa shape index (κ2) is 6.09. The van der Waals surface area contributed by atoms with Crippen molar-refractivity contribution in [3.8, 4) is 0 Å². The Balaban J connectivity index is 1.62. The van der Waals surface area contributed by atoms with Gasteiger partial charge in [-0.3, -0.25) is 0 Å². The largest absolute Gasteiger partial charge is 0.382 e. The van der Waals surface area contributed by atoms with Crippen molar-refractivity contribution in [2.45, 2.75) is 31.7 Å². The minimum absolute atomic E-state index is 0.216. The summed E-state index contributed by atoms with van der Waals surface area (Å²) in [6.07, 6.45) is 2.19. The van der Waals surface area contributed by atoms with E-state index in [0.29, 0.717) is 16.4 Å². The van der Waals surface area contributed by atoms with Crippen LogP contribution in [0.5, 0.6) is 0 Å². The van der Waals surface area contributed by atoms with Crippen LogP contribution in [-0.4, -0.2) is 6.04 Å². The summed E-state index contributed by atoms with van der Waals surface area (Å²) in [5.41, 5.74) is 3.35. The molecule has 0 aliphatic heterocycles. The summed E-state index contributed by atoms with van der Waals surface area (Å²) in [7, 11) is 0. The van der Waals surface area contributed by atoms with Gasteiger partial charge in [-0.15, -0.1) is 0 Å². The summed E-state index contributed by atoms with van der Waals surface area (Å²) in [5.74, 6) is 0.392. The molecule has 0 unspecified atom stereocenters. The molecule has 0 radical (unpaired) electrons. The monoisotopic (exact) mass is 411 g/mol. The third kappa shape index (κ3) is 3.32. The summed E-state index contributed by atoms with van der Waals surface area (Å²) < 4.78 is 15.3. The standard InChI is InChI=1S/C17H16Br2FN/c1-10-6-15(19)16(20)9-17(10)21-14-7-12(8-14)11-2-4-13(18)5-3-11/h2-6,9,12,14,21H,7-8H2,1H3. The minimum Gasteiger partial charge on any atom is -0.382 e. The van der Waals surface area contributed by atoms with Gasteiger partial charge in [0.2, 0.25) is 0 Å². The van der Waals surface area contributed by atoms with Crippen molar-refractivity contribution in [2.75, 3.05) is 5.32 Å². The molecule has 1 aliphatic rings. The predicted octanol–water partition coefficient (Wildman–Crippen LogP) is 6.02. The molecule has 1 saturated carbocycles. The highest BCUT2D eigenvalue weighted by Gasteiger charge is 2.30. The number of hydrogen-bond donors (Lipinski definition) is 1. The second-order valence-corrected chi connectivity index (χ2v) is 7.41. The summed E-state index contributed by atoms with van der Waals surface area (Å²) in [5, 5.41) is 3.46. The fraction of sp³-hybridized carbons (Fsp3) is 0.294. The van der Waals surface area contributed by atoms with E-state index in [1.54, 1.807) is 6.07 Å². The molecule has 1 N–H and O–H groups in total. The molecule has 1 aliphatic carbocycles. The zero-order valence-corrected chi connectivity index (χ0v) is 14.8. The van der Waals surface area contributed by atoms with Crippen LogP contribution in [0.25, 0.3) is 0 Å². The van der Waals surface area contributed by atoms with E-state index in [1.807, 2.05) is 13.0 Å². The molecule has 0 aromatic heterocycles. The van der Waals surface area contributed by atoms with Crippen LogP contribution in [0.4, 0.5) is 10.1 Å². The van der Waals surface area contributed by atoms with E-state index in [2.05, 4.69) is 61.4 Å². The molecule has 3 rings (SSSR count). The maximum Gasteiger partial charge on any atom is 0.139 e. The molecule has 110 valence electrons. The summed E-state index contributed by atoms with van der Waals surface area (Å²) in [6.45, 7) is 2.00. The van der Waals surface area contributed by atoms with Crippen molar-refractivity contribution in [3.05, 3.63) is 62.3 Å². The first kappa shape index (κ1) is 15.0. The van der Waals surface area contributed by atoms with E-state index in [9.17, 15) is 4.39 Å². The van der Waals surface area contributed by atoms with Gasteiger partial charge in [0.25, 0.3) is 0 Å². The van der Waals surface area contributed by atoms with Crippen molar-refractivity contribution >= 4 is 37.5 Å². The number of anilines is 1. The van der Waals surface area contributed by atoms with Crippen LogP contribution in [0, 0.1) is 12.7 Å². The Hall–Kier alpha value is -0.870. The summed E-state index contributed by atoms with van der Waals surface area (Å²) in [4.78, 5) is 0. The van der Waals surface area contributed by atoms with Crippen molar-refractivity contribution in [1.82, 2.24) is 0 Å². The molecular weight excluding hydrogens is 397 g/mol. The number of benzene rings is 2. The van der Waals surface area contributed by atoms with E-state index in [-0.39, 0.29) is 5.82 Å². The molecule has 0 spiro atoms. The van der Waals surface area contributed by atoms with Crippen molar-refractivity contribution in [1.29, 1.82) is 0 Å². The SMILES string of the molecule is Cc1cc(Br)c(F)cc1NC1CC(c2ccc(Br)cc2)C1. The molecule has 0 saturated heterocycles. The molecule has 1 nitrogen and oxygen atoms in total. The lowest BCUT2D eigenvalue weighted by molar-refractivity contribution is 0.374. The van der Waals surface area contributed by atoms with Gasteiger partial charge in [-0.1, -0.05) is 28.1 Å². The summed E-state index contributed by atoms with van der Waals surface area (Å²) in [6, 6.07) is 12.4. The zero-order valence-electron chi connectivity index (χ0n) is 11.7. The van der Waals surface area contributed by atoms with Gasteiger partial charge in [0.1, 0.15) is 5.82 Å². The molecular formula is C17H16Br2FN. The Labute approximate surface area is 141 Å². The fourth-order valence-electron chi connectivity index (χ4n) is 2.76. The van der Waals surface area contributed by atoms with Gasteiger partial charge >= 0.3 is 0 Å². The number of halogens is 3. The Kier molecular flexibility index (Phi) is 4.36. The topological polar surface area (TPSA) is 12.0 Å². The molecule has 0 bridgehead atoms. The smallest absolute Gasteiger partial charge is 0.139 e. The Morgan fingerprint density at radius 3 is 2.43 bits per heavy atom. The van der Waals surface area contributed by atoms with Crippen molar-refractivity contribution < 1.29 is 4.39 Å². The second-order valence-electron chi connectivity index (χ2n) is 5.64. The van der Waals surface area contributed by atoms with Crippen LogP contribution in [0.2, 0.25) is 0 Å². The number of aryl methyl sites for hydroxylation is 1. The quantitative estimate of drug-likeness (QED) is 0.650. The van der Waals surface area contributed by atoms with Crippen LogP contribution in [-0.2, 0) is 0 Å². The van der Waals surface area contributed by atoms with Gasteiger partial charge in [0.05, 0.1) is 4.47 Å². The Morgan fingerprint density at radius 1 is 1.10 bits per heavy atom. The number of rotatable bonds is 3. The van der Waals surface area contributed by atoms with Gasteiger partial charge in [-0.2, -0.15) is 0 Å². The first-order valence-electron chi connectivity index (χ1n) is 7.00. The average Bonchev–Trinajstić information content (AvgIpc) is 2.40. The summed E-state index contributed by atoms with van der Waals surface area (Å²) >= 11 is 6.68. The van der Waals surface area contributed by atoms with Crippen molar-refractivity contribution in [3.63, 3.8) is 0 Å². The van der Waals surface area contributed by atoms with E-state index in [0.717, 1.165) is 28.6 Å². The minimum atomic E-state index is -0.216. The van der Waals surface area contributed by atoms with Gasteiger partial charge < -0.3 is 5.32 Å². The van der Waals surface area contributed by atoms with E-state index < -0.39 is 0 Å². The van der Waals surface area contributed by atoms with Gasteiger partial charge in [0.15, 0.2) is 0 Å². The molecule has 2 aromatic carbocycles. The molecule has 0 heterocycles. The van der Waals surface area contributed by atoms with Gasteiger partial charge in [0, 0.05) is 16.2 Å². The molecule has 21 heavy (non-hydrogen) atoms. The van der Waals surface area contributed by atoms with Gasteiger partial charge in [-0.25, -0.2) is 4.39 Å². The Bertz CT molecular complexity index is 649. The van der Waals surface area contributed by atoms with Gasteiger partial charge in [-0.05, 0) is 77.0 Å². The van der Waals surface area contributed by atoms with Crippen LogP contribution < -0.4 is 5.32 Å². The molecule has 1 fully saturated rings. The zero-order chi connectivity index (χ0) is 15.0. The predicted molar refractivity (Wildman–Crippen MR) is 92.4 cm³/mol.